The largest absolute Gasteiger partial charge is 0.494 e. The Kier molecular flexibility index (Phi) is 8.68. The second kappa shape index (κ2) is 11.0. The maximum absolute atomic E-state index is 12.3. The molecule has 0 radical (unpaired) electrons. The van der Waals surface area contributed by atoms with E-state index in [1.165, 1.54) is 0 Å². The Bertz CT molecular complexity index is 1050. The van der Waals surface area contributed by atoms with Crippen LogP contribution in [-0.2, 0) is 9.53 Å². The smallest absolute Gasteiger partial charge is 0.329 e. The van der Waals surface area contributed by atoms with Crippen LogP contribution in [0.25, 0.3) is 16.5 Å². The third-order valence-corrected chi connectivity index (χ3v) is 5.15. The van der Waals surface area contributed by atoms with Gasteiger partial charge in [0.05, 0.1) is 30.0 Å². The predicted molar refractivity (Wildman–Crippen MR) is 129 cm³/mol. The number of hydrogen-bond acceptors (Lipinski definition) is 5. The lowest BCUT2D eigenvalue weighted by Gasteiger charge is -2.19. The SMILES string of the molecule is C/C=C(\C=C/C(C)(N)C(=O)OCCC)c1c(C#N)c2ccc(OCCC)cc2n1C(C)C. The van der Waals surface area contributed by atoms with Crippen molar-refractivity contribution in [1.29, 1.82) is 5.26 Å². The van der Waals surface area contributed by atoms with Gasteiger partial charge in [-0.3, -0.25) is 0 Å². The van der Waals surface area contributed by atoms with Gasteiger partial charge in [-0.05, 0) is 58.2 Å². The van der Waals surface area contributed by atoms with Crippen LogP contribution >= 0.6 is 0 Å². The van der Waals surface area contributed by atoms with E-state index in [-0.39, 0.29) is 6.04 Å². The monoisotopic (exact) mass is 437 g/mol. The number of carbonyl (C=O) groups excluding carboxylic acids is 1. The molecular formula is C26H35N3O3. The number of carbonyl (C=O) groups is 1. The van der Waals surface area contributed by atoms with Crippen molar-refractivity contribution in [2.24, 2.45) is 5.73 Å². The van der Waals surface area contributed by atoms with E-state index in [1.807, 2.05) is 38.1 Å². The van der Waals surface area contributed by atoms with Gasteiger partial charge >= 0.3 is 5.97 Å². The van der Waals surface area contributed by atoms with E-state index in [1.54, 1.807) is 19.1 Å². The van der Waals surface area contributed by atoms with Crippen LogP contribution in [-0.4, -0.2) is 29.3 Å². The van der Waals surface area contributed by atoms with Crippen LogP contribution in [0.5, 0.6) is 5.75 Å². The standard InChI is InChI=1S/C26H35N3O3/c1-7-14-31-20-10-11-21-22(17-27)24(29(18(4)5)23(21)16-20)19(9-3)12-13-26(6,28)25(30)32-15-8-2/h9-13,16,18H,7-8,14-15,28H2,1-6H3/b13-12-,19-9+. The van der Waals surface area contributed by atoms with E-state index in [2.05, 4.69) is 31.4 Å². The predicted octanol–water partition coefficient (Wildman–Crippen LogP) is 5.51. The average molecular weight is 438 g/mol. The van der Waals surface area contributed by atoms with Crippen molar-refractivity contribution in [3.63, 3.8) is 0 Å². The summed E-state index contributed by atoms with van der Waals surface area (Å²) in [7, 11) is 0. The Morgan fingerprint density at radius 3 is 2.53 bits per heavy atom. The Labute approximate surface area is 191 Å². The first-order chi connectivity index (χ1) is 15.2. The van der Waals surface area contributed by atoms with E-state index in [0.717, 1.165) is 40.8 Å². The molecule has 0 aliphatic rings. The maximum Gasteiger partial charge on any atom is 0.329 e. The highest BCUT2D eigenvalue weighted by molar-refractivity contribution is 5.95. The van der Waals surface area contributed by atoms with Crippen LogP contribution in [0.1, 0.15) is 71.7 Å². The topological polar surface area (TPSA) is 90.3 Å². The van der Waals surface area contributed by atoms with Crippen molar-refractivity contribution in [3.05, 3.63) is 47.7 Å². The van der Waals surface area contributed by atoms with Crippen molar-refractivity contribution in [1.82, 2.24) is 4.57 Å². The number of allylic oxidation sites excluding steroid dienone is 3. The molecule has 2 N–H and O–H groups in total. The van der Waals surface area contributed by atoms with E-state index >= 15 is 0 Å². The molecule has 6 nitrogen and oxygen atoms in total. The van der Waals surface area contributed by atoms with Crippen LogP contribution in [0, 0.1) is 11.3 Å². The molecule has 0 fully saturated rings. The zero-order valence-electron chi connectivity index (χ0n) is 20.1. The molecule has 0 amide bonds. The first-order valence-corrected chi connectivity index (χ1v) is 11.2. The number of ether oxygens (including phenoxy) is 2. The number of nitriles is 1. The number of hydrogen-bond donors (Lipinski definition) is 1. The summed E-state index contributed by atoms with van der Waals surface area (Å²) in [6.07, 6.45) is 7.02. The van der Waals surface area contributed by atoms with Gasteiger partial charge in [-0.25, -0.2) is 4.79 Å². The molecule has 0 aliphatic carbocycles. The third kappa shape index (κ3) is 5.41. The molecule has 1 aromatic carbocycles. The normalized spacial score (nSPS) is 14.0. The van der Waals surface area contributed by atoms with Gasteiger partial charge in [0.15, 0.2) is 0 Å². The van der Waals surface area contributed by atoms with E-state index < -0.39 is 11.5 Å². The molecule has 6 heteroatoms. The molecule has 2 aromatic rings. The molecule has 32 heavy (non-hydrogen) atoms. The quantitative estimate of drug-likeness (QED) is 0.391. The molecule has 0 saturated heterocycles. The highest BCUT2D eigenvalue weighted by atomic mass is 16.5. The van der Waals surface area contributed by atoms with Crippen molar-refractivity contribution >= 4 is 22.4 Å². The summed E-state index contributed by atoms with van der Waals surface area (Å²) in [5, 5.41) is 10.9. The molecule has 0 aliphatic heterocycles. The Morgan fingerprint density at radius 1 is 1.28 bits per heavy atom. The fraction of sp³-hybridized carbons (Fsp3) is 0.462. The Balaban J connectivity index is 2.61. The van der Waals surface area contributed by atoms with Gasteiger partial charge in [0.25, 0.3) is 0 Å². The van der Waals surface area contributed by atoms with Gasteiger partial charge < -0.3 is 19.8 Å². The lowest BCUT2D eigenvalue weighted by Crippen LogP contribution is -2.44. The number of esters is 1. The number of fused-ring (bicyclic) bond motifs is 1. The fourth-order valence-electron chi connectivity index (χ4n) is 3.53. The molecule has 0 spiro atoms. The zero-order valence-corrected chi connectivity index (χ0v) is 20.1. The van der Waals surface area contributed by atoms with Crippen LogP contribution < -0.4 is 10.5 Å². The minimum Gasteiger partial charge on any atom is -0.494 e. The lowest BCUT2D eigenvalue weighted by molar-refractivity contribution is -0.147. The second-order valence-electron chi connectivity index (χ2n) is 8.32. The highest BCUT2D eigenvalue weighted by Crippen LogP contribution is 2.36. The molecule has 172 valence electrons. The summed E-state index contributed by atoms with van der Waals surface area (Å²) in [5.74, 6) is 0.300. The summed E-state index contributed by atoms with van der Waals surface area (Å²) in [6.45, 7) is 12.6. The Hall–Kier alpha value is -3.04. The van der Waals surface area contributed by atoms with Gasteiger partial charge in [0.1, 0.15) is 17.4 Å². The van der Waals surface area contributed by atoms with E-state index in [4.69, 9.17) is 15.2 Å². The molecule has 0 saturated carbocycles. The summed E-state index contributed by atoms with van der Waals surface area (Å²) in [6, 6.07) is 8.30. The number of benzene rings is 1. The summed E-state index contributed by atoms with van der Waals surface area (Å²) < 4.78 is 13.2. The minimum absolute atomic E-state index is 0.0955. The van der Waals surface area contributed by atoms with Gasteiger partial charge in [-0.15, -0.1) is 0 Å². The van der Waals surface area contributed by atoms with Gasteiger partial charge in [-0.1, -0.05) is 32.1 Å². The highest BCUT2D eigenvalue weighted by Gasteiger charge is 2.28. The summed E-state index contributed by atoms with van der Waals surface area (Å²) >= 11 is 0. The minimum atomic E-state index is -1.27. The lowest BCUT2D eigenvalue weighted by atomic mass is 9.99. The van der Waals surface area contributed by atoms with Crippen LogP contribution in [0.4, 0.5) is 0 Å². The summed E-state index contributed by atoms with van der Waals surface area (Å²) in [4.78, 5) is 12.3. The van der Waals surface area contributed by atoms with Crippen molar-refractivity contribution < 1.29 is 14.3 Å². The van der Waals surface area contributed by atoms with E-state index in [9.17, 15) is 10.1 Å². The van der Waals surface area contributed by atoms with Crippen molar-refractivity contribution in [2.45, 2.75) is 66.0 Å². The maximum atomic E-state index is 12.3. The molecule has 1 unspecified atom stereocenters. The van der Waals surface area contributed by atoms with Crippen molar-refractivity contribution in [3.8, 4) is 11.8 Å². The molecule has 1 aromatic heterocycles. The average Bonchev–Trinajstić information content (AvgIpc) is 3.09. The van der Waals surface area contributed by atoms with Crippen LogP contribution in [0.3, 0.4) is 0 Å². The summed E-state index contributed by atoms with van der Waals surface area (Å²) in [5.41, 5.74) is 8.06. The fourth-order valence-corrected chi connectivity index (χ4v) is 3.53. The van der Waals surface area contributed by atoms with Crippen LogP contribution in [0.15, 0.2) is 36.4 Å². The Morgan fingerprint density at radius 2 is 1.97 bits per heavy atom. The van der Waals surface area contributed by atoms with Crippen LogP contribution in [0.2, 0.25) is 0 Å². The second-order valence-corrected chi connectivity index (χ2v) is 8.32. The van der Waals surface area contributed by atoms with Gasteiger partial charge in [0.2, 0.25) is 0 Å². The molecule has 0 bridgehead atoms. The molecule has 2 rings (SSSR count). The van der Waals surface area contributed by atoms with Gasteiger partial charge in [-0.2, -0.15) is 5.26 Å². The van der Waals surface area contributed by atoms with Crippen molar-refractivity contribution in [2.75, 3.05) is 13.2 Å². The molecular weight excluding hydrogens is 402 g/mol. The number of rotatable bonds is 10. The third-order valence-electron chi connectivity index (χ3n) is 5.15. The zero-order chi connectivity index (χ0) is 23.9. The number of aromatic nitrogens is 1. The van der Waals surface area contributed by atoms with E-state index in [0.29, 0.717) is 18.8 Å². The molecule has 1 atom stereocenters. The molecule has 1 heterocycles. The first-order valence-electron chi connectivity index (χ1n) is 11.2. The van der Waals surface area contributed by atoms with Gasteiger partial charge in [0, 0.05) is 17.5 Å². The number of nitrogens with two attached hydrogens (primary N) is 1. The first kappa shape index (κ1) is 25.2. The number of nitrogens with zero attached hydrogens (tertiary/aromatic N) is 2.